The van der Waals surface area contributed by atoms with Crippen LogP contribution in [0.2, 0.25) is 0 Å². The lowest BCUT2D eigenvalue weighted by Crippen LogP contribution is -2.17. The van der Waals surface area contributed by atoms with E-state index in [0.29, 0.717) is 6.61 Å². The van der Waals surface area contributed by atoms with Crippen molar-refractivity contribution in [1.82, 2.24) is 10.2 Å². The number of rotatable bonds is 4. The zero-order valence-electron chi connectivity index (χ0n) is 8.86. The Bertz CT molecular complexity index is 439. The number of nitrogens with one attached hydrogen (secondary N) is 1. The smallest absolute Gasteiger partial charge is 0.120 e. The van der Waals surface area contributed by atoms with Gasteiger partial charge in [0, 0.05) is 12.5 Å². The van der Waals surface area contributed by atoms with Crippen molar-refractivity contribution in [3.63, 3.8) is 0 Å². The van der Waals surface area contributed by atoms with E-state index < -0.39 is 0 Å². The van der Waals surface area contributed by atoms with Crippen LogP contribution < -0.4 is 4.74 Å². The summed E-state index contributed by atoms with van der Waals surface area (Å²) in [6, 6.07) is 5.84. The molecule has 1 aromatic heterocycles. The highest BCUT2D eigenvalue weighted by Gasteiger charge is 2.04. The van der Waals surface area contributed by atoms with Gasteiger partial charge in [0.2, 0.25) is 0 Å². The van der Waals surface area contributed by atoms with Crippen LogP contribution in [0.5, 0.6) is 5.75 Å². The number of hydrogen-bond donors (Lipinski definition) is 1. The summed E-state index contributed by atoms with van der Waals surface area (Å²) >= 11 is 0. The molecule has 4 nitrogen and oxygen atoms in total. The van der Waals surface area contributed by atoms with Crippen molar-refractivity contribution < 1.29 is 9.47 Å². The topological polar surface area (TPSA) is 47.1 Å². The number of aromatic amines is 1. The molecule has 0 aliphatic rings. The summed E-state index contributed by atoms with van der Waals surface area (Å²) in [7, 11) is 1.67. The zero-order valence-corrected chi connectivity index (χ0v) is 8.86. The van der Waals surface area contributed by atoms with Crippen LogP contribution in [-0.4, -0.2) is 30.0 Å². The van der Waals surface area contributed by atoms with Crippen LogP contribution in [0.4, 0.5) is 0 Å². The van der Waals surface area contributed by atoms with Crippen LogP contribution in [0, 0.1) is 0 Å². The van der Waals surface area contributed by atoms with Crippen LogP contribution in [0.25, 0.3) is 10.9 Å². The summed E-state index contributed by atoms with van der Waals surface area (Å²) in [5.41, 5.74) is 1.02. The molecule has 2 aromatic rings. The van der Waals surface area contributed by atoms with E-state index in [1.165, 1.54) is 0 Å². The molecule has 0 amide bonds. The van der Waals surface area contributed by atoms with Crippen molar-refractivity contribution in [2.75, 3.05) is 13.7 Å². The van der Waals surface area contributed by atoms with Gasteiger partial charge in [-0.25, -0.2) is 0 Å². The first-order valence-electron chi connectivity index (χ1n) is 4.88. The van der Waals surface area contributed by atoms with E-state index in [9.17, 15) is 0 Å². The number of benzene rings is 1. The molecule has 1 atom stereocenters. The Morgan fingerprint density at radius 2 is 2.33 bits per heavy atom. The van der Waals surface area contributed by atoms with E-state index in [4.69, 9.17) is 9.47 Å². The third-order valence-electron chi connectivity index (χ3n) is 2.15. The first kappa shape index (κ1) is 9.98. The molecule has 1 heterocycles. The highest BCUT2D eigenvalue weighted by Crippen LogP contribution is 2.19. The van der Waals surface area contributed by atoms with Gasteiger partial charge < -0.3 is 9.47 Å². The number of H-pyrrole nitrogens is 1. The Kier molecular flexibility index (Phi) is 2.87. The standard InChI is InChI=1S/C11H14N2O2/c1-8(7-14-2)15-10-3-4-11-9(5-10)6-12-13-11/h3-6,8H,7H2,1-2H3,(H,12,13). The molecule has 0 aliphatic carbocycles. The molecule has 80 valence electrons. The number of ether oxygens (including phenoxy) is 2. The Morgan fingerprint density at radius 1 is 1.47 bits per heavy atom. The average molecular weight is 206 g/mol. The molecule has 0 saturated carbocycles. The second-order valence-corrected chi connectivity index (χ2v) is 3.50. The second-order valence-electron chi connectivity index (χ2n) is 3.50. The van der Waals surface area contributed by atoms with Gasteiger partial charge in [0.05, 0.1) is 18.3 Å². The summed E-state index contributed by atoms with van der Waals surface area (Å²) in [4.78, 5) is 0. The molecule has 0 aliphatic heterocycles. The molecule has 1 unspecified atom stereocenters. The number of fused-ring (bicyclic) bond motifs is 1. The summed E-state index contributed by atoms with van der Waals surface area (Å²) < 4.78 is 10.7. The first-order valence-corrected chi connectivity index (χ1v) is 4.88. The molecular formula is C11H14N2O2. The van der Waals surface area contributed by atoms with Gasteiger partial charge in [-0.05, 0) is 25.1 Å². The van der Waals surface area contributed by atoms with Crippen molar-refractivity contribution in [3.05, 3.63) is 24.4 Å². The third-order valence-corrected chi connectivity index (χ3v) is 2.15. The lowest BCUT2D eigenvalue weighted by molar-refractivity contribution is 0.0922. The van der Waals surface area contributed by atoms with E-state index in [1.54, 1.807) is 13.3 Å². The zero-order chi connectivity index (χ0) is 10.7. The summed E-state index contributed by atoms with van der Waals surface area (Å²) in [5, 5.41) is 7.90. The van der Waals surface area contributed by atoms with Crippen molar-refractivity contribution in [1.29, 1.82) is 0 Å². The molecule has 0 bridgehead atoms. The largest absolute Gasteiger partial charge is 0.488 e. The molecular weight excluding hydrogens is 192 g/mol. The maximum Gasteiger partial charge on any atom is 0.120 e. The Morgan fingerprint density at radius 3 is 3.13 bits per heavy atom. The normalized spacial score (nSPS) is 12.9. The van der Waals surface area contributed by atoms with Gasteiger partial charge in [-0.1, -0.05) is 0 Å². The fourth-order valence-corrected chi connectivity index (χ4v) is 1.50. The third kappa shape index (κ3) is 2.27. The monoisotopic (exact) mass is 206 g/mol. The maximum atomic E-state index is 5.67. The summed E-state index contributed by atoms with van der Waals surface area (Å²) in [5.74, 6) is 0.841. The van der Waals surface area contributed by atoms with Gasteiger partial charge in [0.1, 0.15) is 11.9 Å². The van der Waals surface area contributed by atoms with Crippen LogP contribution >= 0.6 is 0 Å². The van der Waals surface area contributed by atoms with E-state index in [0.717, 1.165) is 16.7 Å². The fraction of sp³-hybridized carbons (Fsp3) is 0.364. The lowest BCUT2D eigenvalue weighted by Gasteiger charge is -2.13. The Labute approximate surface area is 88.2 Å². The van der Waals surface area contributed by atoms with Crippen LogP contribution in [0.3, 0.4) is 0 Å². The van der Waals surface area contributed by atoms with Crippen molar-refractivity contribution in [2.24, 2.45) is 0 Å². The number of hydrogen-bond acceptors (Lipinski definition) is 3. The molecule has 4 heteroatoms. The van der Waals surface area contributed by atoms with Gasteiger partial charge in [0.15, 0.2) is 0 Å². The summed E-state index contributed by atoms with van der Waals surface area (Å²) in [6.07, 6.45) is 1.84. The first-order chi connectivity index (χ1) is 7.29. The van der Waals surface area contributed by atoms with Gasteiger partial charge in [0.25, 0.3) is 0 Å². The fourth-order valence-electron chi connectivity index (χ4n) is 1.50. The van der Waals surface area contributed by atoms with E-state index in [2.05, 4.69) is 10.2 Å². The van der Waals surface area contributed by atoms with Crippen LogP contribution in [0.15, 0.2) is 24.4 Å². The van der Waals surface area contributed by atoms with Gasteiger partial charge in [-0.15, -0.1) is 0 Å². The van der Waals surface area contributed by atoms with Crippen molar-refractivity contribution >= 4 is 10.9 Å². The minimum absolute atomic E-state index is 0.0550. The predicted molar refractivity (Wildman–Crippen MR) is 58.1 cm³/mol. The number of methoxy groups -OCH3 is 1. The van der Waals surface area contributed by atoms with E-state index in [1.807, 2.05) is 25.1 Å². The van der Waals surface area contributed by atoms with E-state index in [-0.39, 0.29) is 6.10 Å². The molecule has 0 fully saturated rings. The minimum Gasteiger partial charge on any atom is -0.488 e. The maximum absolute atomic E-state index is 5.67. The minimum atomic E-state index is 0.0550. The van der Waals surface area contributed by atoms with Crippen LogP contribution in [-0.2, 0) is 4.74 Å². The quantitative estimate of drug-likeness (QED) is 0.832. The number of aromatic nitrogens is 2. The van der Waals surface area contributed by atoms with Gasteiger partial charge in [-0.3, -0.25) is 5.10 Å². The van der Waals surface area contributed by atoms with Crippen molar-refractivity contribution in [3.8, 4) is 5.75 Å². The SMILES string of the molecule is COCC(C)Oc1ccc2[nH]ncc2c1. The number of nitrogens with zero attached hydrogens (tertiary/aromatic N) is 1. The average Bonchev–Trinajstić information content (AvgIpc) is 2.65. The second kappa shape index (κ2) is 4.31. The molecule has 1 aromatic carbocycles. The highest BCUT2D eigenvalue weighted by atomic mass is 16.5. The molecule has 0 spiro atoms. The molecule has 0 saturated heterocycles. The Hall–Kier alpha value is -1.55. The van der Waals surface area contributed by atoms with Gasteiger partial charge >= 0.3 is 0 Å². The van der Waals surface area contributed by atoms with Crippen molar-refractivity contribution in [2.45, 2.75) is 13.0 Å². The Balaban J connectivity index is 2.14. The van der Waals surface area contributed by atoms with Crippen LogP contribution in [0.1, 0.15) is 6.92 Å². The molecule has 15 heavy (non-hydrogen) atoms. The molecule has 2 rings (SSSR count). The molecule has 1 N–H and O–H groups in total. The predicted octanol–water partition coefficient (Wildman–Crippen LogP) is 1.98. The summed E-state index contributed by atoms with van der Waals surface area (Å²) in [6.45, 7) is 2.56. The molecule has 0 radical (unpaired) electrons. The highest BCUT2D eigenvalue weighted by molar-refractivity contribution is 5.79. The van der Waals surface area contributed by atoms with E-state index >= 15 is 0 Å². The lowest BCUT2D eigenvalue weighted by atomic mass is 10.2. The van der Waals surface area contributed by atoms with Gasteiger partial charge in [-0.2, -0.15) is 5.10 Å².